The number of benzene rings is 1. The Morgan fingerprint density at radius 2 is 2.00 bits per heavy atom. The molecule has 16 heavy (non-hydrogen) atoms. The number of halogens is 1. The number of esters is 1. The number of ether oxygens (including phenoxy) is 1. The number of fused-ring (bicyclic) bond motifs is 1. The number of rotatable bonds is 1. The van der Waals surface area contributed by atoms with Crippen LogP contribution in [0.25, 0.3) is 0 Å². The number of hydrogen-bond donors (Lipinski definition) is 0. The number of hydrogen-bond acceptors (Lipinski definition) is 3. The van der Waals surface area contributed by atoms with Crippen molar-refractivity contribution < 1.29 is 9.53 Å². The second-order valence-corrected chi connectivity index (χ2v) is 4.99. The number of alkyl halides is 1. The summed E-state index contributed by atoms with van der Waals surface area (Å²) in [7, 11) is 0. The first-order chi connectivity index (χ1) is 7.72. The molecule has 2 aromatic rings. The topological polar surface area (TPSA) is 26.3 Å². The fraction of sp³-hybridized carbons (Fsp3) is 0.0833. The minimum atomic E-state index is -1.14. The van der Waals surface area contributed by atoms with Gasteiger partial charge in [0.25, 0.3) is 0 Å². The van der Waals surface area contributed by atoms with Crippen molar-refractivity contribution in [3.63, 3.8) is 0 Å². The van der Waals surface area contributed by atoms with E-state index in [1.807, 2.05) is 29.6 Å². The molecule has 1 atom stereocenters. The second kappa shape index (κ2) is 3.34. The maximum absolute atomic E-state index is 11.7. The van der Waals surface area contributed by atoms with Gasteiger partial charge in [0, 0.05) is 5.56 Å². The Hall–Kier alpha value is -1.32. The van der Waals surface area contributed by atoms with Gasteiger partial charge in [0.2, 0.25) is 5.06 Å². The third-order valence-corrected chi connectivity index (χ3v) is 4.13. The quantitative estimate of drug-likeness (QED) is 0.573. The minimum Gasteiger partial charge on any atom is -0.430 e. The smallest absolute Gasteiger partial charge is 0.340 e. The van der Waals surface area contributed by atoms with Crippen LogP contribution in [-0.4, -0.2) is 5.97 Å². The largest absolute Gasteiger partial charge is 0.430 e. The lowest BCUT2D eigenvalue weighted by Gasteiger charge is -2.19. The zero-order valence-corrected chi connectivity index (χ0v) is 9.72. The molecule has 0 amide bonds. The molecular weight excluding hydrogens is 244 g/mol. The maximum atomic E-state index is 11.7. The first-order valence-electron chi connectivity index (χ1n) is 4.77. The monoisotopic (exact) mass is 250 g/mol. The molecule has 0 fully saturated rings. The first kappa shape index (κ1) is 9.87. The van der Waals surface area contributed by atoms with Gasteiger partial charge < -0.3 is 4.74 Å². The molecule has 1 aliphatic rings. The van der Waals surface area contributed by atoms with Gasteiger partial charge in [-0.2, -0.15) is 0 Å². The van der Waals surface area contributed by atoms with Crippen LogP contribution in [0.3, 0.4) is 0 Å². The second-order valence-electron chi connectivity index (χ2n) is 3.51. The lowest BCUT2D eigenvalue weighted by atomic mass is 10.0. The van der Waals surface area contributed by atoms with Gasteiger partial charge >= 0.3 is 5.97 Å². The van der Waals surface area contributed by atoms with E-state index < -0.39 is 5.06 Å². The molecule has 0 N–H and O–H groups in total. The molecule has 0 saturated heterocycles. The van der Waals surface area contributed by atoms with Crippen molar-refractivity contribution in [2.24, 2.45) is 0 Å². The molecule has 1 aromatic heterocycles. The predicted molar refractivity (Wildman–Crippen MR) is 62.8 cm³/mol. The van der Waals surface area contributed by atoms with Gasteiger partial charge in [-0.05, 0) is 17.5 Å². The van der Waals surface area contributed by atoms with E-state index in [0.29, 0.717) is 5.56 Å². The molecule has 2 nitrogen and oxygen atoms in total. The van der Waals surface area contributed by atoms with Crippen molar-refractivity contribution in [2.45, 2.75) is 5.06 Å². The zero-order valence-electron chi connectivity index (χ0n) is 8.14. The highest BCUT2D eigenvalue weighted by Crippen LogP contribution is 2.46. The minimum absolute atomic E-state index is 0.362. The average Bonchev–Trinajstić information content (AvgIpc) is 2.89. The highest BCUT2D eigenvalue weighted by Gasteiger charge is 2.46. The van der Waals surface area contributed by atoms with Crippen molar-refractivity contribution in [1.29, 1.82) is 0 Å². The Labute approximate surface area is 101 Å². The molecule has 80 valence electrons. The van der Waals surface area contributed by atoms with Gasteiger partial charge in [-0.25, -0.2) is 4.79 Å². The lowest BCUT2D eigenvalue weighted by molar-refractivity contribution is 0.0373. The first-order valence-corrected chi connectivity index (χ1v) is 6.03. The molecule has 3 rings (SSSR count). The van der Waals surface area contributed by atoms with E-state index in [-0.39, 0.29) is 5.97 Å². The molecule has 0 bridgehead atoms. The Balaban J connectivity index is 2.23. The summed E-state index contributed by atoms with van der Waals surface area (Å²) < 4.78 is 5.30. The fourth-order valence-corrected chi connectivity index (χ4v) is 3.02. The van der Waals surface area contributed by atoms with E-state index >= 15 is 0 Å². The summed E-state index contributed by atoms with van der Waals surface area (Å²) in [5.74, 6) is -0.362. The van der Waals surface area contributed by atoms with Crippen LogP contribution in [0.2, 0.25) is 0 Å². The third-order valence-electron chi connectivity index (χ3n) is 2.56. The number of carbonyl (C=O) groups excluding carboxylic acids is 1. The molecule has 1 unspecified atom stereocenters. The van der Waals surface area contributed by atoms with Crippen LogP contribution in [0.1, 0.15) is 20.8 Å². The summed E-state index contributed by atoms with van der Waals surface area (Å²) >= 11 is 7.91. The van der Waals surface area contributed by atoms with E-state index in [1.54, 1.807) is 12.1 Å². The normalized spacial score (nSPS) is 22.9. The molecule has 0 aliphatic carbocycles. The van der Waals surface area contributed by atoms with Crippen LogP contribution in [0, 0.1) is 0 Å². The van der Waals surface area contributed by atoms with Gasteiger partial charge in [-0.15, -0.1) is 11.3 Å². The Morgan fingerprint density at radius 1 is 1.19 bits per heavy atom. The SMILES string of the molecule is O=C1OC(Cl)(c2cccs2)c2ccccc21. The molecule has 1 aromatic carbocycles. The van der Waals surface area contributed by atoms with Crippen molar-refractivity contribution in [1.82, 2.24) is 0 Å². The third kappa shape index (κ3) is 1.22. The summed E-state index contributed by atoms with van der Waals surface area (Å²) in [5, 5.41) is 0.774. The van der Waals surface area contributed by atoms with Gasteiger partial charge in [0.05, 0.1) is 10.4 Å². The summed E-state index contributed by atoms with van der Waals surface area (Å²) in [6.45, 7) is 0. The summed E-state index contributed by atoms with van der Waals surface area (Å²) in [6, 6.07) is 11.0. The Morgan fingerprint density at radius 3 is 2.75 bits per heavy atom. The molecule has 0 spiro atoms. The molecule has 4 heteroatoms. The van der Waals surface area contributed by atoms with Crippen molar-refractivity contribution in [3.05, 3.63) is 57.8 Å². The predicted octanol–water partition coefficient (Wildman–Crippen LogP) is 3.36. The van der Waals surface area contributed by atoms with Gasteiger partial charge in [0.1, 0.15) is 0 Å². The van der Waals surface area contributed by atoms with E-state index in [0.717, 1.165) is 10.4 Å². The van der Waals surface area contributed by atoms with Crippen LogP contribution in [0.4, 0.5) is 0 Å². The maximum Gasteiger partial charge on any atom is 0.340 e. The number of thiophene rings is 1. The molecule has 1 aliphatic heterocycles. The lowest BCUT2D eigenvalue weighted by Crippen LogP contribution is -2.18. The van der Waals surface area contributed by atoms with Gasteiger partial charge in [-0.3, -0.25) is 0 Å². The summed E-state index contributed by atoms with van der Waals surface area (Å²) in [6.07, 6.45) is 0. The molecular formula is C12H7ClO2S. The fourth-order valence-electron chi connectivity index (χ4n) is 1.82. The van der Waals surface area contributed by atoms with Crippen LogP contribution in [0.5, 0.6) is 0 Å². The Kier molecular flexibility index (Phi) is 2.06. The summed E-state index contributed by atoms with van der Waals surface area (Å²) in [5.41, 5.74) is 1.27. The molecule has 2 heterocycles. The van der Waals surface area contributed by atoms with Crippen LogP contribution in [-0.2, 0) is 9.80 Å². The van der Waals surface area contributed by atoms with Crippen LogP contribution < -0.4 is 0 Å². The molecule has 0 saturated carbocycles. The van der Waals surface area contributed by atoms with Gasteiger partial charge in [0.15, 0.2) is 0 Å². The number of cyclic esters (lactones) is 1. The molecule has 0 radical (unpaired) electrons. The van der Waals surface area contributed by atoms with E-state index in [4.69, 9.17) is 16.3 Å². The van der Waals surface area contributed by atoms with Crippen molar-refractivity contribution in [2.75, 3.05) is 0 Å². The van der Waals surface area contributed by atoms with Crippen molar-refractivity contribution in [3.8, 4) is 0 Å². The van der Waals surface area contributed by atoms with Gasteiger partial charge in [-0.1, -0.05) is 35.9 Å². The van der Waals surface area contributed by atoms with E-state index in [1.165, 1.54) is 11.3 Å². The highest BCUT2D eigenvalue weighted by molar-refractivity contribution is 7.10. The standard InChI is InChI=1S/C12H7ClO2S/c13-12(10-6-3-7-16-10)9-5-2-1-4-8(9)11(14)15-12/h1-7H. The zero-order chi connectivity index (χ0) is 11.2. The Bertz CT molecular complexity index is 550. The van der Waals surface area contributed by atoms with Crippen LogP contribution in [0.15, 0.2) is 41.8 Å². The number of carbonyl (C=O) groups is 1. The van der Waals surface area contributed by atoms with Crippen LogP contribution >= 0.6 is 22.9 Å². The van der Waals surface area contributed by atoms with E-state index in [9.17, 15) is 4.79 Å². The van der Waals surface area contributed by atoms with Crippen molar-refractivity contribution >= 4 is 28.9 Å². The highest BCUT2D eigenvalue weighted by atomic mass is 35.5. The average molecular weight is 251 g/mol. The van der Waals surface area contributed by atoms with E-state index in [2.05, 4.69) is 0 Å². The summed E-state index contributed by atoms with van der Waals surface area (Å²) in [4.78, 5) is 12.5.